The minimum absolute atomic E-state index is 0.224. The molecular formula is C17H29NO4. The molecule has 0 bridgehead atoms. The maximum absolute atomic E-state index is 11.9. The van der Waals surface area contributed by atoms with Gasteiger partial charge in [-0.05, 0) is 46.1 Å². The molecule has 5 nitrogen and oxygen atoms in total. The van der Waals surface area contributed by atoms with Crippen LogP contribution in [0.4, 0.5) is 4.79 Å². The monoisotopic (exact) mass is 311 g/mol. The summed E-state index contributed by atoms with van der Waals surface area (Å²) < 4.78 is 17.4. The maximum Gasteiger partial charge on any atom is 0.410 e. The highest BCUT2D eigenvalue weighted by Gasteiger charge is 2.50. The first-order valence-electron chi connectivity index (χ1n) is 8.23. The zero-order valence-corrected chi connectivity index (χ0v) is 14.5. The van der Waals surface area contributed by atoms with Crippen molar-refractivity contribution in [2.75, 3.05) is 19.7 Å². The van der Waals surface area contributed by atoms with Crippen LogP contribution in [0, 0.1) is 0 Å². The van der Waals surface area contributed by atoms with E-state index in [1.807, 2.05) is 33.8 Å². The van der Waals surface area contributed by atoms with Gasteiger partial charge in [0.05, 0.1) is 17.8 Å². The Labute approximate surface area is 133 Å². The molecule has 1 saturated heterocycles. The normalized spacial score (nSPS) is 24.2. The van der Waals surface area contributed by atoms with Crippen LogP contribution in [-0.2, 0) is 14.2 Å². The van der Waals surface area contributed by atoms with Crippen molar-refractivity contribution in [1.82, 2.24) is 4.90 Å². The summed E-state index contributed by atoms with van der Waals surface area (Å²) >= 11 is 0. The van der Waals surface area contributed by atoms with Gasteiger partial charge >= 0.3 is 6.09 Å². The molecule has 2 heterocycles. The fraction of sp³-hybridized carbons (Fsp3) is 0.824. The minimum atomic E-state index is -0.325. The number of hydrogen-bond acceptors (Lipinski definition) is 4. The molecule has 2 aliphatic heterocycles. The van der Waals surface area contributed by atoms with E-state index in [4.69, 9.17) is 14.2 Å². The molecule has 0 radical (unpaired) electrons. The molecule has 1 fully saturated rings. The quantitative estimate of drug-likeness (QED) is 0.589. The lowest BCUT2D eigenvalue weighted by molar-refractivity contribution is -0.0624. The Kier molecular flexibility index (Phi) is 5.17. The van der Waals surface area contributed by atoms with Gasteiger partial charge in [-0.2, -0.15) is 0 Å². The highest BCUT2D eigenvalue weighted by Crippen LogP contribution is 2.41. The molecule has 22 heavy (non-hydrogen) atoms. The molecule has 0 aromatic heterocycles. The van der Waals surface area contributed by atoms with Crippen LogP contribution in [0.2, 0.25) is 0 Å². The van der Waals surface area contributed by atoms with E-state index < -0.39 is 0 Å². The first kappa shape index (κ1) is 17.3. The molecule has 0 aliphatic carbocycles. The zero-order chi connectivity index (χ0) is 16.4. The molecule has 2 aliphatic rings. The van der Waals surface area contributed by atoms with E-state index in [9.17, 15) is 4.79 Å². The van der Waals surface area contributed by atoms with E-state index >= 15 is 0 Å². The van der Waals surface area contributed by atoms with Crippen molar-refractivity contribution in [3.63, 3.8) is 0 Å². The fourth-order valence-electron chi connectivity index (χ4n) is 2.45. The standard InChI is InChI=1S/C17H29NO4/c1-6-7-12-20-15(19)18-10-8-13(9-11-18)14-21-16(2,3)17(4,5)22-14/h8,14H,6-7,9-12H2,1-5H3. The number of rotatable bonds is 4. The number of nitrogens with zero attached hydrogens (tertiary/aromatic N) is 1. The molecule has 0 spiro atoms. The first-order valence-corrected chi connectivity index (χ1v) is 8.23. The summed E-state index contributed by atoms with van der Waals surface area (Å²) in [5.74, 6) is 0. The lowest BCUT2D eigenvalue weighted by atomic mass is 9.90. The Bertz CT molecular complexity index is 426. The summed E-state index contributed by atoms with van der Waals surface area (Å²) in [5, 5.41) is 0. The molecule has 0 unspecified atom stereocenters. The molecule has 0 aromatic carbocycles. The Morgan fingerprint density at radius 2 is 1.95 bits per heavy atom. The molecule has 0 saturated carbocycles. The number of carbonyl (C=O) groups is 1. The lowest BCUT2D eigenvalue weighted by Crippen LogP contribution is -2.41. The maximum atomic E-state index is 11.9. The minimum Gasteiger partial charge on any atom is -0.449 e. The van der Waals surface area contributed by atoms with Crippen LogP contribution in [0.15, 0.2) is 11.6 Å². The summed E-state index contributed by atoms with van der Waals surface area (Å²) in [4.78, 5) is 13.6. The van der Waals surface area contributed by atoms with Crippen LogP contribution in [0.25, 0.3) is 0 Å². The predicted molar refractivity (Wildman–Crippen MR) is 84.6 cm³/mol. The van der Waals surface area contributed by atoms with Crippen molar-refractivity contribution in [1.29, 1.82) is 0 Å². The second-order valence-electron chi connectivity index (χ2n) is 7.03. The Balaban J connectivity index is 1.89. The van der Waals surface area contributed by atoms with Crippen molar-refractivity contribution < 1.29 is 19.0 Å². The third kappa shape index (κ3) is 3.63. The summed E-state index contributed by atoms with van der Waals surface area (Å²) in [6, 6.07) is 0. The van der Waals surface area contributed by atoms with Crippen molar-refractivity contribution >= 4 is 6.09 Å². The molecule has 2 rings (SSSR count). The van der Waals surface area contributed by atoms with Crippen LogP contribution in [0.5, 0.6) is 0 Å². The SMILES string of the molecule is CCCCOC(=O)N1CC=C(C2OC(C)(C)C(C)(C)O2)CC1. The second-order valence-corrected chi connectivity index (χ2v) is 7.03. The van der Waals surface area contributed by atoms with Crippen LogP contribution < -0.4 is 0 Å². The Hall–Kier alpha value is -1.07. The summed E-state index contributed by atoms with van der Waals surface area (Å²) in [6.07, 6.45) is 4.21. The van der Waals surface area contributed by atoms with Crippen molar-refractivity contribution in [3.05, 3.63) is 11.6 Å². The third-order valence-electron chi connectivity index (χ3n) is 4.78. The number of hydrogen-bond donors (Lipinski definition) is 0. The molecule has 0 atom stereocenters. The van der Waals surface area contributed by atoms with Crippen molar-refractivity contribution in [2.24, 2.45) is 0 Å². The summed E-state index contributed by atoms with van der Waals surface area (Å²) in [7, 11) is 0. The Morgan fingerprint density at radius 1 is 1.32 bits per heavy atom. The number of amides is 1. The van der Waals surface area contributed by atoms with E-state index in [-0.39, 0.29) is 23.6 Å². The van der Waals surface area contributed by atoms with Crippen LogP contribution in [-0.4, -0.2) is 48.2 Å². The van der Waals surface area contributed by atoms with Gasteiger partial charge in [0.25, 0.3) is 0 Å². The van der Waals surface area contributed by atoms with Gasteiger partial charge in [-0.25, -0.2) is 4.79 Å². The van der Waals surface area contributed by atoms with Gasteiger partial charge in [-0.3, -0.25) is 0 Å². The lowest BCUT2D eigenvalue weighted by Gasteiger charge is -2.30. The van der Waals surface area contributed by atoms with Crippen molar-refractivity contribution in [2.45, 2.75) is 71.4 Å². The molecule has 5 heteroatoms. The molecule has 1 amide bonds. The smallest absolute Gasteiger partial charge is 0.410 e. The van der Waals surface area contributed by atoms with Gasteiger partial charge in [0, 0.05) is 13.1 Å². The average Bonchev–Trinajstić information content (AvgIpc) is 2.68. The van der Waals surface area contributed by atoms with E-state index in [1.54, 1.807) is 4.90 Å². The van der Waals surface area contributed by atoms with Gasteiger partial charge in [-0.15, -0.1) is 0 Å². The number of carbonyl (C=O) groups excluding carboxylic acids is 1. The largest absolute Gasteiger partial charge is 0.449 e. The second kappa shape index (κ2) is 6.59. The highest BCUT2D eigenvalue weighted by atomic mass is 16.7. The highest BCUT2D eigenvalue weighted by molar-refractivity contribution is 5.68. The van der Waals surface area contributed by atoms with Gasteiger partial charge in [-0.1, -0.05) is 19.4 Å². The van der Waals surface area contributed by atoms with Crippen LogP contribution >= 0.6 is 0 Å². The molecule has 0 N–H and O–H groups in total. The molecule has 126 valence electrons. The van der Waals surface area contributed by atoms with Crippen molar-refractivity contribution in [3.8, 4) is 0 Å². The third-order valence-corrected chi connectivity index (χ3v) is 4.78. The van der Waals surface area contributed by atoms with Gasteiger partial charge < -0.3 is 19.1 Å². The molecule has 0 aromatic rings. The average molecular weight is 311 g/mol. The Morgan fingerprint density at radius 3 is 2.45 bits per heavy atom. The fourth-order valence-corrected chi connectivity index (χ4v) is 2.45. The predicted octanol–water partition coefficient (Wildman–Crippen LogP) is 3.49. The zero-order valence-electron chi connectivity index (χ0n) is 14.5. The molecular weight excluding hydrogens is 282 g/mol. The van der Waals surface area contributed by atoms with Crippen LogP contribution in [0.3, 0.4) is 0 Å². The van der Waals surface area contributed by atoms with E-state index in [2.05, 4.69) is 6.92 Å². The first-order chi connectivity index (χ1) is 10.3. The summed E-state index contributed by atoms with van der Waals surface area (Å²) in [6.45, 7) is 12.0. The summed E-state index contributed by atoms with van der Waals surface area (Å²) in [5.41, 5.74) is 0.472. The van der Waals surface area contributed by atoms with Gasteiger partial charge in [0.2, 0.25) is 0 Å². The van der Waals surface area contributed by atoms with E-state index in [0.717, 1.165) is 24.8 Å². The van der Waals surface area contributed by atoms with E-state index in [0.29, 0.717) is 19.7 Å². The topological polar surface area (TPSA) is 48.0 Å². The van der Waals surface area contributed by atoms with Crippen LogP contribution in [0.1, 0.15) is 53.9 Å². The van der Waals surface area contributed by atoms with E-state index in [1.165, 1.54) is 0 Å². The van der Waals surface area contributed by atoms with Gasteiger partial charge in [0.1, 0.15) is 0 Å². The number of ether oxygens (including phenoxy) is 3. The van der Waals surface area contributed by atoms with Gasteiger partial charge in [0.15, 0.2) is 6.29 Å². The number of unbranched alkanes of at least 4 members (excludes halogenated alkanes) is 1.